The average molecular weight is 236 g/mol. The smallest absolute Gasteiger partial charge is 0.0851 e. The SMILES string of the molecule is CCC1CCC(C(O)c2cnn(C)c2C)CC1. The summed E-state index contributed by atoms with van der Waals surface area (Å²) in [6, 6.07) is 0. The Morgan fingerprint density at radius 2 is 2.06 bits per heavy atom. The van der Waals surface area contributed by atoms with E-state index in [0.717, 1.165) is 30.0 Å². The van der Waals surface area contributed by atoms with Crippen LogP contribution in [0.4, 0.5) is 0 Å². The largest absolute Gasteiger partial charge is 0.388 e. The van der Waals surface area contributed by atoms with Crippen LogP contribution in [0.1, 0.15) is 56.4 Å². The van der Waals surface area contributed by atoms with Crippen LogP contribution in [-0.4, -0.2) is 14.9 Å². The van der Waals surface area contributed by atoms with E-state index in [2.05, 4.69) is 12.0 Å². The molecule has 0 radical (unpaired) electrons. The predicted molar refractivity (Wildman–Crippen MR) is 68.6 cm³/mol. The van der Waals surface area contributed by atoms with E-state index in [1.807, 2.05) is 24.9 Å². The minimum Gasteiger partial charge on any atom is -0.388 e. The molecule has 17 heavy (non-hydrogen) atoms. The molecule has 3 nitrogen and oxygen atoms in total. The zero-order valence-corrected chi connectivity index (χ0v) is 11.2. The summed E-state index contributed by atoms with van der Waals surface area (Å²) >= 11 is 0. The van der Waals surface area contributed by atoms with Crippen LogP contribution in [0.2, 0.25) is 0 Å². The van der Waals surface area contributed by atoms with Gasteiger partial charge in [0.2, 0.25) is 0 Å². The first kappa shape index (κ1) is 12.6. The fourth-order valence-electron chi connectivity index (χ4n) is 2.97. The van der Waals surface area contributed by atoms with Gasteiger partial charge in [0.25, 0.3) is 0 Å². The molecule has 1 N–H and O–H groups in total. The Kier molecular flexibility index (Phi) is 3.87. The van der Waals surface area contributed by atoms with Gasteiger partial charge in [0.1, 0.15) is 0 Å². The molecule has 0 spiro atoms. The molecule has 0 saturated heterocycles. The lowest BCUT2D eigenvalue weighted by Gasteiger charge is -2.31. The Labute approximate surface area is 104 Å². The van der Waals surface area contributed by atoms with Crippen LogP contribution in [-0.2, 0) is 7.05 Å². The summed E-state index contributed by atoms with van der Waals surface area (Å²) in [6.45, 7) is 4.30. The van der Waals surface area contributed by atoms with Gasteiger partial charge in [-0.05, 0) is 31.6 Å². The third kappa shape index (κ3) is 2.54. The third-order valence-corrected chi connectivity index (χ3v) is 4.51. The molecule has 1 aliphatic carbocycles. The van der Waals surface area contributed by atoms with Gasteiger partial charge in [-0.1, -0.05) is 26.2 Å². The number of nitrogens with zero attached hydrogens (tertiary/aromatic N) is 2. The molecule has 3 heteroatoms. The van der Waals surface area contributed by atoms with Crippen molar-refractivity contribution in [3.63, 3.8) is 0 Å². The van der Waals surface area contributed by atoms with Gasteiger partial charge in [-0.2, -0.15) is 5.10 Å². The average Bonchev–Trinajstić information content (AvgIpc) is 2.69. The molecule has 1 fully saturated rings. The van der Waals surface area contributed by atoms with Crippen LogP contribution in [0.3, 0.4) is 0 Å². The zero-order valence-electron chi connectivity index (χ0n) is 11.2. The minimum absolute atomic E-state index is 0.318. The second kappa shape index (κ2) is 5.21. The highest BCUT2D eigenvalue weighted by Crippen LogP contribution is 2.38. The maximum Gasteiger partial charge on any atom is 0.0851 e. The number of aryl methyl sites for hydroxylation is 1. The second-order valence-corrected chi connectivity index (χ2v) is 5.44. The molecule has 0 aromatic carbocycles. The first-order valence-electron chi connectivity index (χ1n) is 6.80. The Morgan fingerprint density at radius 3 is 2.53 bits per heavy atom. The van der Waals surface area contributed by atoms with Crippen molar-refractivity contribution in [2.24, 2.45) is 18.9 Å². The summed E-state index contributed by atoms with van der Waals surface area (Å²) < 4.78 is 1.84. The molecule has 1 unspecified atom stereocenters. The number of aliphatic hydroxyl groups excluding tert-OH is 1. The molecule has 96 valence electrons. The van der Waals surface area contributed by atoms with Crippen LogP contribution in [0.5, 0.6) is 0 Å². The van der Waals surface area contributed by atoms with E-state index in [1.165, 1.54) is 19.3 Å². The van der Waals surface area contributed by atoms with Crippen LogP contribution in [0.25, 0.3) is 0 Å². The van der Waals surface area contributed by atoms with E-state index < -0.39 is 0 Å². The van der Waals surface area contributed by atoms with Gasteiger partial charge in [0.15, 0.2) is 0 Å². The lowest BCUT2D eigenvalue weighted by atomic mass is 9.77. The molecule has 2 rings (SSSR count). The summed E-state index contributed by atoms with van der Waals surface area (Å²) in [4.78, 5) is 0. The molecule has 0 amide bonds. The van der Waals surface area contributed by atoms with E-state index in [0.29, 0.717) is 5.92 Å². The van der Waals surface area contributed by atoms with Gasteiger partial charge in [-0.25, -0.2) is 0 Å². The summed E-state index contributed by atoms with van der Waals surface area (Å²) in [5.74, 6) is 1.31. The van der Waals surface area contributed by atoms with Crippen LogP contribution >= 0.6 is 0 Å². The van der Waals surface area contributed by atoms with E-state index in [1.54, 1.807) is 0 Å². The first-order chi connectivity index (χ1) is 8.13. The predicted octanol–water partition coefficient (Wildman–Crippen LogP) is 2.98. The number of aromatic nitrogens is 2. The quantitative estimate of drug-likeness (QED) is 0.876. The van der Waals surface area contributed by atoms with Crippen molar-refractivity contribution in [3.8, 4) is 0 Å². The Bertz CT molecular complexity index is 364. The van der Waals surface area contributed by atoms with E-state index in [4.69, 9.17) is 0 Å². The van der Waals surface area contributed by atoms with Gasteiger partial charge in [-0.15, -0.1) is 0 Å². The van der Waals surface area contributed by atoms with Crippen molar-refractivity contribution < 1.29 is 5.11 Å². The van der Waals surface area contributed by atoms with E-state index >= 15 is 0 Å². The number of aliphatic hydroxyl groups is 1. The van der Waals surface area contributed by atoms with E-state index in [-0.39, 0.29) is 6.10 Å². The van der Waals surface area contributed by atoms with Crippen molar-refractivity contribution in [3.05, 3.63) is 17.5 Å². The van der Waals surface area contributed by atoms with Gasteiger partial charge < -0.3 is 5.11 Å². The van der Waals surface area contributed by atoms with Crippen molar-refractivity contribution in [2.75, 3.05) is 0 Å². The molecule has 1 saturated carbocycles. The number of rotatable bonds is 3. The van der Waals surface area contributed by atoms with Crippen LogP contribution in [0.15, 0.2) is 6.20 Å². The van der Waals surface area contributed by atoms with E-state index in [9.17, 15) is 5.11 Å². The van der Waals surface area contributed by atoms with Gasteiger partial charge in [0.05, 0.1) is 12.3 Å². The fraction of sp³-hybridized carbons (Fsp3) is 0.786. The molecule has 1 aliphatic rings. The molecular formula is C14H24N2O. The standard InChI is InChI=1S/C14H24N2O/c1-4-11-5-7-12(8-6-11)14(17)13-9-15-16(3)10(13)2/h9,11-12,14,17H,4-8H2,1-3H3. The highest BCUT2D eigenvalue weighted by molar-refractivity contribution is 5.19. The lowest BCUT2D eigenvalue weighted by Crippen LogP contribution is -2.20. The fourth-order valence-corrected chi connectivity index (χ4v) is 2.97. The Morgan fingerprint density at radius 1 is 1.41 bits per heavy atom. The molecule has 1 aromatic rings. The van der Waals surface area contributed by atoms with Crippen LogP contribution < -0.4 is 0 Å². The highest BCUT2D eigenvalue weighted by Gasteiger charge is 2.28. The third-order valence-electron chi connectivity index (χ3n) is 4.51. The minimum atomic E-state index is -0.318. The van der Waals surface area contributed by atoms with Crippen molar-refractivity contribution in [1.29, 1.82) is 0 Å². The molecule has 1 heterocycles. The molecule has 1 aromatic heterocycles. The maximum atomic E-state index is 10.4. The normalized spacial score (nSPS) is 27.1. The van der Waals surface area contributed by atoms with Gasteiger partial charge in [0, 0.05) is 18.3 Å². The van der Waals surface area contributed by atoms with Crippen molar-refractivity contribution >= 4 is 0 Å². The molecule has 1 atom stereocenters. The maximum absolute atomic E-state index is 10.4. The Hall–Kier alpha value is -0.830. The molecular weight excluding hydrogens is 212 g/mol. The molecule has 0 bridgehead atoms. The zero-order chi connectivity index (χ0) is 12.4. The van der Waals surface area contributed by atoms with Crippen LogP contribution in [0, 0.1) is 18.8 Å². The first-order valence-corrected chi connectivity index (χ1v) is 6.80. The highest BCUT2D eigenvalue weighted by atomic mass is 16.3. The summed E-state index contributed by atoms with van der Waals surface area (Å²) in [6.07, 6.45) is 7.67. The van der Waals surface area contributed by atoms with Crippen molar-refractivity contribution in [1.82, 2.24) is 9.78 Å². The Balaban J connectivity index is 2.01. The molecule has 0 aliphatic heterocycles. The van der Waals surface area contributed by atoms with Gasteiger partial charge >= 0.3 is 0 Å². The van der Waals surface area contributed by atoms with Gasteiger partial charge in [-0.3, -0.25) is 4.68 Å². The number of hydrogen-bond donors (Lipinski definition) is 1. The topological polar surface area (TPSA) is 38.1 Å². The lowest BCUT2D eigenvalue weighted by molar-refractivity contribution is 0.0724. The summed E-state index contributed by atoms with van der Waals surface area (Å²) in [7, 11) is 1.93. The van der Waals surface area contributed by atoms with Crippen molar-refractivity contribution in [2.45, 2.75) is 52.1 Å². The number of hydrogen-bond acceptors (Lipinski definition) is 2. The monoisotopic (exact) mass is 236 g/mol. The second-order valence-electron chi connectivity index (χ2n) is 5.44. The summed E-state index contributed by atoms with van der Waals surface area (Å²) in [5.41, 5.74) is 2.11. The summed E-state index contributed by atoms with van der Waals surface area (Å²) in [5, 5.41) is 14.7.